The van der Waals surface area contributed by atoms with Crippen LogP contribution < -0.4 is 5.32 Å². The maximum Gasteiger partial charge on any atom is 0.141 e. The first kappa shape index (κ1) is 8.68. The standard InChI is InChI=1S/C12H12N2O/c15-7-11-12-8-3-1-2-4-9(8)14-10(12)5-6-13-11/h1-4,7,11,13-14H,5-6H2. The first-order chi connectivity index (χ1) is 7.40. The molecule has 2 heterocycles. The fourth-order valence-corrected chi connectivity index (χ4v) is 2.34. The molecule has 2 N–H and O–H groups in total. The van der Waals surface area contributed by atoms with Crippen LogP contribution in [-0.2, 0) is 11.2 Å². The van der Waals surface area contributed by atoms with Gasteiger partial charge >= 0.3 is 0 Å². The van der Waals surface area contributed by atoms with Gasteiger partial charge in [-0.2, -0.15) is 0 Å². The Morgan fingerprint density at radius 3 is 3.07 bits per heavy atom. The summed E-state index contributed by atoms with van der Waals surface area (Å²) < 4.78 is 0. The van der Waals surface area contributed by atoms with Gasteiger partial charge in [0.25, 0.3) is 0 Å². The van der Waals surface area contributed by atoms with E-state index in [-0.39, 0.29) is 6.04 Å². The van der Waals surface area contributed by atoms with Gasteiger partial charge in [-0.3, -0.25) is 0 Å². The number of nitrogens with one attached hydrogen (secondary N) is 2. The minimum atomic E-state index is -0.148. The summed E-state index contributed by atoms with van der Waals surface area (Å²) in [6.07, 6.45) is 1.95. The molecule has 0 fully saturated rings. The third-order valence-electron chi connectivity index (χ3n) is 3.01. The van der Waals surface area contributed by atoms with Gasteiger partial charge < -0.3 is 15.1 Å². The quantitative estimate of drug-likeness (QED) is 0.686. The largest absolute Gasteiger partial charge is 0.358 e. The lowest BCUT2D eigenvalue weighted by molar-refractivity contribution is -0.109. The van der Waals surface area contributed by atoms with Crippen LogP contribution in [0, 0.1) is 0 Å². The third-order valence-corrected chi connectivity index (χ3v) is 3.01. The van der Waals surface area contributed by atoms with Crippen molar-refractivity contribution >= 4 is 17.2 Å². The van der Waals surface area contributed by atoms with Gasteiger partial charge in [-0.15, -0.1) is 0 Å². The lowest BCUT2D eigenvalue weighted by Gasteiger charge is -2.19. The number of hydrogen-bond acceptors (Lipinski definition) is 2. The first-order valence-corrected chi connectivity index (χ1v) is 5.18. The Morgan fingerprint density at radius 1 is 1.33 bits per heavy atom. The minimum Gasteiger partial charge on any atom is -0.358 e. The van der Waals surface area contributed by atoms with Crippen LogP contribution in [0.3, 0.4) is 0 Å². The molecular formula is C12H12N2O. The summed E-state index contributed by atoms with van der Waals surface area (Å²) in [4.78, 5) is 14.4. The maximum absolute atomic E-state index is 11.0. The summed E-state index contributed by atoms with van der Waals surface area (Å²) in [5.74, 6) is 0. The molecule has 3 nitrogen and oxygen atoms in total. The SMILES string of the molecule is O=CC1NCCc2[nH]c3ccccc3c21. The molecule has 0 saturated heterocycles. The number of H-pyrrole nitrogens is 1. The molecule has 15 heavy (non-hydrogen) atoms. The molecular weight excluding hydrogens is 188 g/mol. The van der Waals surface area contributed by atoms with Crippen LogP contribution in [0.15, 0.2) is 24.3 Å². The molecule has 2 aromatic rings. The van der Waals surface area contributed by atoms with Gasteiger partial charge in [-0.1, -0.05) is 18.2 Å². The van der Waals surface area contributed by atoms with Crippen molar-refractivity contribution in [2.24, 2.45) is 0 Å². The molecule has 1 atom stereocenters. The van der Waals surface area contributed by atoms with Gasteiger partial charge in [0.1, 0.15) is 6.29 Å². The Morgan fingerprint density at radius 2 is 2.20 bits per heavy atom. The number of aromatic nitrogens is 1. The second-order valence-electron chi connectivity index (χ2n) is 3.88. The highest BCUT2D eigenvalue weighted by Gasteiger charge is 2.23. The number of carbonyl (C=O) groups is 1. The van der Waals surface area contributed by atoms with Crippen molar-refractivity contribution in [1.82, 2.24) is 10.3 Å². The van der Waals surface area contributed by atoms with Crippen molar-refractivity contribution < 1.29 is 4.79 Å². The van der Waals surface area contributed by atoms with Gasteiger partial charge in [-0.25, -0.2) is 0 Å². The molecule has 1 unspecified atom stereocenters. The molecule has 0 saturated carbocycles. The summed E-state index contributed by atoms with van der Waals surface area (Å²) in [6, 6.07) is 7.98. The topological polar surface area (TPSA) is 44.9 Å². The highest BCUT2D eigenvalue weighted by Crippen LogP contribution is 2.29. The predicted octanol–water partition coefficient (Wildman–Crippen LogP) is 1.55. The average molecular weight is 200 g/mol. The molecule has 0 spiro atoms. The Balaban J connectivity index is 2.31. The van der Waals surface area contributed by atoms with E-state index in [1.54, 1.807) is 0 Å². The van der Waals surface area contributed by atoms with E-state index in [0.717, 1.165) is 35.7 Å². The number of para-hydroxylation sites is 1. The van der Waals surface area contributed by atoms with E-state index in [2.05, 4.69) is 22.4 Å². The van der Waals surface area contributed by atoms with E-state index in [1.165, 1.54) is 5.69 Å². The molecule has 1 aromatic carbocycles. The number of aldehydes is 1. The summed E-state index contributed by atoms with van der Waals surface area (Å²) in [5, 5.41) is 4.38. The first-order valence-electron chi connectivity index (χ1n) is 5.18. The van der Waals surface area contributed by atoms with E-state index in [0.29, 0.717) is 0 Å². The Labute approximate surface area is 87.5 Å². The van der Waals surface area contributed by atoms with Crippen molar-refractivity contribution in [3.05, 3.63) is 35.5 Å². The molecule has 1 aliphatic rings. The second-order valence-corrected chi connectivity index (χ2v) is 3.88. The smallest absolute Gasteiger partial charge is 0.141 e. The van der Waals surface area contributed by atoms with E-state index < -0.39 is 0 Å². The summed E-state index contributed by atoms with van der Waals surface area (Å²) in [6.45, 7) is 0.864. The zero-order valence-corrected chi connectivity index (χ0v) is 8.29. The number of hydrogen-bond donors (Lipinski definition) is 2. The Hall–Kier alpha value is -1.61. The van der Waals surface area contributed by atoms with Crippen molar-refractivity contribution in [3.63, 3.8) is 0 Å². The van der Waals surface area contributed by atoms with E-state index >= 15 is 0 Å². The number of aromatic amines is 1. The van der Waals surface area contributed by atoms with Crippen LogP contribution in [0.2, 0.25) is 0 Å². The monoisotopic (exact) mass is 200 g/mol. The molecule has 76 valence electrons. The van der Waals surface area contributed by atoms with Crippen LogP contribution in [0.1, 0.15) is 17.3 Å². The summed E-state index contributed by atoms with van der Waals surface area (Å²) in [7, 11) is 0. The zero-order valence-electron chi connectivity index (χ0n) is 8.29. The predicted molar refractivity (Wildman–Crippen MR) is 58.8 cm³/mol. The van der Waals surface area contributed by atoms with Crippen LogP contribution in [-0.4, -0.2) is 17.8 Å². The molecule has 0 bridgehead atoms. The molecule has 1 aromatic heterocycles. The van der Waals surface area contributed by atoms with E-state index in [4.69, 9.17) is 0 Å². The van der Waals surface area contributed by atoms with Crippen LogP contribution in [0.4, 0.5) is 0 Å². The van der Waals surface area contributed by atoms with Crippen molar-refractivity contribution in [1.29, 1.82) is 0 Å². The fourth-order valence-electron chi connectivity index (χ4n) is 2.34. The average Bonchev–Trinajstić information content (AvgIpc) is 2.67. The lowest BCUT2D eigenvalue weighted by atomic mass is 9.99. The molecule has 0 amide bonds. The van der Waals surface area contributed by atoms with Crippen LogP contribution in [0.25, 0.3) is 10.9 Å². The van der Waals surface area contributed by atoms with Crippen LogP contribution >= 0.6 is 0 Å². The number of rotatable bonds is 1. The molecule has 3 rings (SSSR count). The van der Waals surface area contributed by atoms with Crippen molar-refractivity contribution in [3.8, 4) is 0 Å². The minimum absolute atomic E-state index is 0.148. The summed E-state index contributed by atoms with van der Waals surface area (Å²) in [5.41, 5.74) is 3.46. The van der Waals surface area contributed by atoms with Gasteiger partial charge in [-0.05, 0) is 6.07 Å². The number of carbonyl (C=O) groups excluding carboxylic acids is 1. The van der Waals surface area contributed by atoms with Crippen molar-refractivity contribution in [2.75, 3.05) is 6.54 Å². The number of fused-ring (bicyclic) bond motifs is 3. The third kappa shape index (κ3) is 1.20. The van der Waals surface area contributed by atoms with E-state index in [9.17, 15) is 4.79 Å². The molecule has 3 heteroatoms. The molecule has 0 radical (unpaired) electrons. The second kappa shape index (κ2) is 3.21. The normalized spacial score (nSPS) is 20.1. The summed E-state index contributed by atoms with van der Waals surface area (Å²) >= 11 is 0. The lowest BCUT2D eigenvalue weighted by Crippen LogP contribution is -2.30. The maximum atomic E-state index is 11.0. The van der Waals surface area contributed by atoms with Crippen LogP contribution in [0.5, 0.6) is 0 Å². The van der Waals surface area contributed by atoms with E-state index in [1.807, 2.05) is 12.1 Å². The van der Waals surface area contributed by atoms with Gasteiger partial charge in [0, 0.05) is 35.1 Å². The van der Waals surface area contributed by atoms with Gasteiger partial charge in [0.2, 0.25) is 0 Å². The Bertz CT molecular complexity index is 515. The zero-order chi connectivity index (χ0) is 10.3. The van der Waals surface area contributed by atoms with Gasteiger partial charge in [0.15, 0.2) is 0 Å². The number of benzene rings is 1. The molecule has 1 aliphatic heterocycles. The highest BCUT2D eigenvalue weighted by atomic mass is 16.1. The van der Waals surface area contributed by atoms with Crippen molar-refractivity contribution in [2.45, 2.75) is 12.5 Å². The van der Waals surface area contributed by atoms with Gasteiger partial charge in [0.05, 0.1) is 6.04 Å². The Kier molecular flexibility index (Phi) is 1.86. The highest BCUT2D eigenvalue weighted by molar-refractivity contribution is 5.88. The molecule has 0 aliphatic carbocycles. The fraction of sp³-hybridized carbons (Fsp3) is 0.250.